The molecule has 0 amide bonds. The van der Waals surface area contributed by atoms with Crippen molar-refractivity contribution >= 4 is 49.4 Å². The number of aromatic nitrogens is 4. The molecule has 298 valence electrons. The van der Waals surface area contributed by atoms with Crippen molar-refractivity contribution in [3.8, 4) is 56.2 Å². The summed E-state index contributed by atoms with van der Waals surface area (Å²) in [5, 5.41) is 4.69. The van der Waals surface area contributed by atoms with E-state index in [0.29, 0.717) is 12.2 Å². The van der Waals surface area contributed by atoms with Gasteiger partial charge in [-0.05, 0) is 95.1 Å². The molecule has 0 radical (unpaired) electrons. The molecule has 4 aromatic heterocycles. The third kappa shape index (κ3) is 6.35. The van der Waals surface area contributed by atoms with Gasteiger partial charge in [-0.3, -0.25) is 9.55 Å². The molecule has 0 atom stereocenters. The van der Waals surface area contributed by atoms with Crippen molar-refractivity contribution < 1.29 is 4.74 Å². The molecule has 11 aromatic rings. The summed E-state index contributed by atoms with van der Waals surface area (Å²) in [6.07, 6.45) is 6.32. The molecule has 1 aliphatic rings. The van der Waals surface area contributed by atoms with Crippen LogP contribution in [0.1, 0.15) is 5.69 Å². The highest BCUT2D eigenvalue weighted by Crippen LogP contribution is 2.39. The summed E-state index contributed by atoms with van der Waals surface area (Å²) in [5.74, 6) is 2.23. The third-order valence-electron chi connectivity index (χ3n) is 12.2. The maximum Gasteiger partial charge on any atom is 0.148 e. The normalized spacial score (nSPS) is 13.3. The summed E-state index contributed by atoms with van der Waals surface area (Å²) in [4.78, 5) is 9.65. The first-order valence-corrected chi connectivity index (χ1v) is 21.2. The van der Waals surface area contributed by atoms with Crippen LogP contribution in [0.5, 0.6) is 5.75 Å². The van der Waals surface area contributed by atoms with E-state index in [2.05, 4.69) is 184 Å². The largest absolute Gasteiger partial charge is 0.459 e. The van der Waals surface area contributed by atoms with Gasteiger partial charge in [0.05, 0.1) is 51.3 Å². The number of nitrogens with two attached hydrogens (primary N) is 1. The van der Waals surface area contributed by atoms with Gasteiger partial charge in [-0.1, -0.05) is 133 Å². The standard InChI is InChI=1S/C57H39N5O/c58-57(29-26-44-36-51-56(63-44)23-12-30-59-51)62-53-22-10-8-20-46(53)48-32-41(25-28-54(48)62)39-17-11-18-40(31-39)42-24-27-47-45-19-7-9-21-52(45)61(55(47)33-42)43-34-49(37-13-3-1-4-14-37)60-50(35-43)38-15-5-2-6-16-38/h1-35H,36,58H2/b44-26+,57-29+. The zero-order chi connectivity index (χ0) is 41.9. The van der Waals surface area contributed by atoms with Gasteiger partial charge in [0.1, 0.15) is 17.3 Å². The minimum atomic E-state index is 0.614. The summed E-state index contributed by atoms with van der Waals surface area (Å²) in [6.45, 7) is 0. The average molecular weight is 810 g/mol. The Balaban J connectivity index is 0.951. The number of fused-ring (bicyclic) bond motifs is 7. The molecular weight excluding hydrogens is 771 g/mol. The van der Waals surface area contributed by atoms with Crippen LogP contribution in [-0.2, 0) is 6.42 Å². The van der Waals surface area contributed by atoms with Gasteiger partial charge in [-0.15, -0.1) is 0 Å². The number of hydrogen-bond donors (Lipinski definition) is 1. The Bertz CT molecular complexity index is 3550. The van der Waals surface area contributed by atoms with Crippen LogP contribution >= 0.6 is 0 Å². The van der Waals surface area contributed by atoms with Crippen LogP contribution < -0.4 is 10.5 Å². The van der Waals surface area contributed by atoms with Crippen molar-refractivity contribution in [1.82, 2.24) is 19.1 Å². The van der Waals surface area contributed by atoms with Gasteiger partial charge >= 0.3 is 0 Å². The molecule has 7 aromatic carbocycles. The van der Waals surface area contributed by atoms with Crippen molar-refractivity contribution in [2.75, 3.05) is 0 Å². The minimum Gasteiger partial charge on any atom is -0.459 e. The van der Waals surface area contributed by atoms with Crippen molar-refractivity contribution in [1.29, 1.82) is 0 Å². The van der Waals surface area contributed by atoms with Gasteiger partial charge in [0.2, 0.25) is 0 Å². The molecule has 0 bridgehead atoms. The van der Waals surface area contributed by atoms with Crippen LogP contribution in [0.25, 0.3) is 99.9 Å². The van der Waals surface area contributed by atoms with Crippen LogP contribution in [0, 0.1) is 0 Å². The fourth-order valence-electron chi connectivity index (χ4n) is 9.23. The fraction of sp³-hybridized carbons (Fsp3) is 0.0175. The van der Waals surface area contributed by atoms with E-state index in [1.807, 2.05) is 36.4 Å². The second-order valence-corrected chi connectivity index (χ2v) is 16.0. The Morgan fingerprint density at radius 1 is 0.492 bits per heavy atom. The molecule has 5 heterocycles. The number of rotatable bonds is 7. The lowest BCUT2D eigenvalue weighted by Crippen LogP contribution is -2.05. The number of ether oxygens (including phenoxy) is 1. The summed E-state index contributed by atoms with van der Waals surface area (Å²) in [5.41, 5.74) is 21.8. The SMILES string of the molecule is N/C(=C\C=C1/Cc2ncccc2O1)n1c2ccccc2c2cc(-c3cccc(-c4ccc5c6ccccc6n(-c6cc(-c7ccccc7)nc(-c7ccccc7)c6)c5c4)c3)ccc21. The van der Waals surface area contributed by atoms with Crippen LogP contribution in [0.3, 0.4) is 0 Å². The first kappa shape index (κ1) is 36.4. The van der Waals surface area contributed by atoms with E-state index < -0.39 is 0 Å². The Morgan fingerprint density at radius 3 is 1.81 bits per heavy atom. The van der Waals surface area contributed by atoms with Gasteiger partial charge in [0, 0.05) is 38.9 Å². The fourth-order valence-corrected chi connectivity index (χ4v) is 9.23. The van der Waals surface area contributed by atoms with Crippen molar-refractivity contribution in [3.63, 3.8) is 0 Å². The van der Waals surface area contributed by atoms with Crippen LogP contribution in [-0.4, -0.2) is 19.1 Å². The lowest BCUT2D eigenvalue weighted by molar-refractivity contribution is 0.446. The quantitative estimate of drug-likeness (QED) is 0.174. The van der Waals surface area contributed by atoms with E-state index in [0.717, 1.165) is 100 Å². The predicted molar refractivity (Wildman–Crippen MR) is 258 cm³/mol. The van der Waals surface area contributed by atoms with E-state index in [4.69, 9.17) is 15.5 Å². The van der Waals surface area contributed by atoms with Gasteiger partial charge in [-0.25, -0.2) is 4.98 Å². The molecule has 63 heavy (non-hydrogen) atoms. The molecule has 6 heteroatoms. The van der Waals surface area contributed by atoms with Crippen molar-refractivity contribution in [2.45, 2.75) is 6.42 Å². The van der Waals surface area contributed by atoms with Gasteiger partial charge in [-0.2, -0.15) is 0 Å². The highest BCUT2D eigenvalue weighted by molar-refractivity contribution is 6.12. The second kappa shape index (κ2) is 14.9. The Kier molecular flexibility index (Phi) is 8.61. The summed E-state index contributed by atoms with van der Waals surface area (Å²) in [6, 6.07) is 68.7. The van der Waals surface area contributed by atoms with Gasteiger partial charge in [0.15, 0.2) is 0 Å². The molecule has 0 fully saturated rings. The Labute approximate surface area is 364 Å². The zero-order valence-electron chi connectivity index (χ0n) is 34.2. The maximum absolute atomic E-state index is 6.87. The molecule has 1 aliphatic heterocycles. The number of benzene rings is 7. The molecule has 6 nitrogen and oxygen atoms in total. The number of hydrogen-bond acceptors (Lipinski definition) is 4. The first-order valence-electron chi connectivity index (χ1n) is 21.2. The molecule has 0 saturated heterocycles. The molecule has 12 rings (SSSR count). The van der Waals surface area contributed by atoms with Gasteiger partial charge < -0.3 is 15.0 Å². The number of para-hydroxylation sites is 2. The molecule has 0 aliphatic carbocycles. The molecule has 0 spiro atoms. The predicted octanol–water partition coefficient (Wildman–Crippen LogP) is 13.6. The van der Waals surface area contributed by atoms with E-state index in [1.165, 1.54) is 10.8 Å². The zero-order valence-corrected chi connectivity index (χ0v) is 34.2. The monoisotopic (exact) mass is 809 g/mol. The van der Waals surface area contributed by atoms with Crippen molar-refractivity contribution in [2.24, 2.45) is 5.73 Å². The van der Waals surface area contributed by atoms with Gasteiger partial charge in [0.25, 0.3) is 0 Å². The minimum absolute atomic E-state index is 0.614. The van der Waals surface area contributed by atoms with E-state index in [-0.39, 0.29) is 0 Å². The summed E-state index contributed by atoms with van der Waals surface area (Å²) < 4.78 is 10.6. The van der Waals surface area contributed by atoms with Crippen LogP contribution in [0.2, 0.25) is 0 Å². The summed E-state index contributed by atoms with van der Waals surface area (Å²) >= 11 is 0. The van der Waals surface area contributed by atoms with Crippen LogP contribution in [0.15, 0.2) is 218 Å². The van der Waals surface area contributed by atoms with E-state index >= 15 is 0 Å². The summed E-state index contributed by atoms with van der Waals surface area (Å²) in [7, 11) is 0. The number of pyridine rings is 2. The third-order valence-corrected chi connectivity index (χ3v) is 12.2. The molecule has 0 saturated carbocycles. The molecule has 2 N–H and O–H groups in total. The topological polar surface area (TPSA) is 70.9 Å². The van der Waals surface area contributed by atoms with E-state index in [1.54, 1.807) is 6.20 Å². The van der Waals surface area contributed by atoms with E-state index in [9.17, 15) is 0 Å². The molecule has 0 unspecified atom stereocenters. The lowest BCUT2D eigenvalue weighted by Gasteiger charge is -2.14. The highest BCUT2D eigenvalue weighted by atomic mass is 16.5. The number of nitrogens with zero attached hydrogens (tertiary/aromatic N) is 4. The second-order valence-electron chi connectivity index (χ2n) is 16.0. The first-order chi connectivity index (χ1) is 31.1. The average Bonchev–Trinajstić information content (AvgIpc) is 4.03. The Hall–Kier alpha value is -8.48. The van der Waals surface area contributed by atoms with Crippen molar-refractivity contribution in [3.05, 3.63) is 224 Å². The van der Waals surface area contributed by atoms with Crippen LogP contribution in [0.4, 0.5) is 0 Å². The maximum atomic E-state index is 6.87. The smallest absolute Gasteiger partial charge is 0.148 e. The highest BCUT2D eigenvalue weighted by Gasteiger charge is 2.19. The Morgan fingerprint density at radius 2 is 1.08 bits per heavy atom. The number of allylic oxidation sites excluding steroid dienone is 3. The molecular formula is C57H39N5O. The lowest BCUT2D eigenvalue weighted by atomic mass is 9.97.